The number of hydrogen-bond acceptors (Lipinski definition) is 4. The van der Waals surface area contributed by atoms with Gasteiger partial charge in [-0.05, 0) is 29.8 Å². The zero-order valence-corrected chi connectivity index (χ0v) is 16.8. The average Bonchev–Trinajstić information content (AvgIpc) is 2.84. The van der Waals surface area contributed by atoms with Crippen LogP contribution in [0.5, 0.6) is 11.5 Å². The molecule has 144 valence electrons. The second kappa shape index (κ2) is 6.87. The number of aliphatic carboxylic acids is 1. The van der Waals surface area contributed by atoms with E-state index in [1.165, 1.54) is 14.2 Å². The molecule has 3 aromatic rings. The number of carbonyl (C=O) groups is 2. The van der Waals surface area contributed by atoms with Gasteiger partial charge in [-0.3, -0.25) is 9.59 Å². The summed E-state index contributed by atoms with van der Waals surface area (Å²) in [5, 5.41) is 13.2. The average molecular weight is 445 g/mol. The van der Waals surface area contributed by atoms with Gasteiger partial charge in [-0.25, -0.2) is 0 Å². The van der Waals surface area contributed by atoms with Gasteiger partial charge in [-0.1, -0.05) is 15.9 Å². The van der Waals surface area contributed by atoms with Crippen LogP contribution in [0.25, 0.3) is 22.2 Å². The fourth-order valence-electron chi connectivity index (χ4n) is 3.72. The lowest BCUT2D eigenvalue weighted by molar-refractivity contribution is -0.137. The van der Waals surface area contributed by atoms with E-state index in [1.807, 2.05) is 18.2 Å². The molecule has 0 bridgehead atoms. The summed E-state index contributed by atoms with van der Waals surface area (Å²) in [6, 6.07) is 9.08. The summed E-state index contributed by atoms with van der Waals surface area (Å²) in [5.74, 6) is -0.167. The largest absolute Gasteiger partial charge is 0.493 e. The van der Waals surface area contributed by atoms with E-state index < -0.39 is 5.97 Å². The molecule has 7 nitrogen and oxygen atoms in total. The zero-order valence-electron chi connectivity index (χ0n) is 15.2. The standard InChI is InChI=1S/C20H17BrN2O5/c1-27-16-6-13-14(8-17(16)28-2)22-18(24)7-12-11-5-10(21)3-4-15(11)23(20(12)13)9-19(25)26/h3-6,8H,7,9H2,1-2H3,(H,22,24)(H,25,26). The molecule has 2 aromatic carbocycles. The lowest BCUT2D eigenvalue weighted by atomic mass is 10.0. The second-order valence-electron chi connectivity index (χ2n) is 6.45. The lowest BCUT2D eigenvalue weighted by Gasteiger charge is -2.16. The van der Waals surface area contributed by atoms with E-state index in [-0.39, 0.29) is 18.9 Å². The zero-order chi connectivity index (χ0) is 20.0. The first-order valence-electron chi connectivity index (χ1n) is 8.51. The van der Waals surface area contributed by atoms with E-state index in [2.05, 4.69) is 21.2 Å². The van der Waals surface area contributed by atoms with E-state index >= 15 is 0 Å². The summed E-state index contributed by atoms with van der Waals surface area (Å²) >= 11 is 3.47. The van der Waals surface area contributed by atoms with Crippen molar-refractivity contribution in [1.29, 1.82) is 0 Å². The highest BCUT2D eigenvalue weighted by Gasteiger charge is 2.28. The quantitative estimate of drug-likeness (QED) is 0.640. The number of aromatic nitrogens is 1. The number of carboxylic acid groups (broad SMARTS) is 1. The van der Waals surface area contributed by atoms with Crippen molar-refractivity contribution in [3.05, 3.63) is 40.4 Å². The fourth-order valence-corrected chi connectivity index (χ4v) is 4.08. The number of benzene rings is 2. The minimum Gasteiger partial charge on any atom is -0.493 e. The van der Waals surface area contributed by atoms with E-state index in [4.69, 9.17) is 9.47 Å². The molecule has 1 aromatic heterocycles. The number of ether oxygens (including phenoxy) is 2. The van der Waals surface area contributed by atoms with Crippen LogP contribution in [0.4, 0.5) is 5.69 Å². The number of methoxy groups -OCH3 is 2. The molecule has 28 heavy (non-hydrogen) atoms. The van der Waals surface area contributed by atoms with Gasteiger partial charge in [0.05, 0.1) is 32.0 Å². The smallest absolute Gasteiger partial charge is 0.323 e. The van der Waals surface area contributed by atoms with Gasteiger partial charge in [-0.2, -0.15) is 0 Å². The number of carbonyl (C=O) groups excluding carboxylic acids is 1. The van der Waals surface area contributed by atoms with Crippen LogP contribution in [-0.2, 0) is 22.6 Å². The van der Waals surface area contributed by atoms with Crippen LogP contribution in [0.1, 0.15) is 5.56 Å². The maximum absolute atomic E-state index is 12.6. The van der Waals surface area contributed by atoms with Crippen molar-refractivity contribution in [2.24, 2.45) is 0 Å². The monoisotopic (exact) mass is 444 g/mol. The Hall–Kier alpha value is -3.00. The number of amides is 1. The number of anilines is 1. The number of nitrogens with one attached hydrogen (secondary N) is 1. The third-order valence-electron chi connectivity index (χ3n) is 4.81. The summed E-state index contributed by atoms with van der Waals surface area (Å²) in [7, 11) is 3.05. The first-order chi connectivity index (χ1) is 13.4. The van der Waals surface area contributed by atoms with Crippen molar-refractivity contribution in [1.82, 2.24) is 4.57 Å². The Morgan fingerprint density at radius 1 is 1.21 bits per heavy atom. The first-order valence-corrected chi connectivity index (χ1v) is 9.31. The molecule has 2 N–H and O–H groups in total. The highest BCUT2D eigenvalue weighted by molar-refractivity contribution is 9.10. The SMILES string of the molecule is COc1cc2c(cc1OC)-c1c(c3cc(Br)ccc3n1CC(=O)O)CC(=O)N2. The number of rotatable bonds is 4. The highest BCUT2D eigenvalue weighted by Crippen LogP contribution is 2.45. The molecule has 0 spiro atoms. The number of nitrogens with zero attached hydrogens (tertiary/aromatic N) is 1. The van der Waals surface area contributed by atoms with Crippen molar-refractivity contribution in [3.8, 4) is 22.8 Å². The van der Waals surface area contributed by atoms with Gasteiger partial charge in [0.1, 0.15) is 6.54 Å². The van der Waals surface area contributed by atoms with Gasteiger partial charge in [-0.15, -0.1) is 0 Å². The van der Waals surface area contributed by atoms with Crippen LogP contribution < -0.4 is 14.8 Å². The molecule has 0 radical (unpaired) electrons. The summed E-state index contributed by atoms with van der Waals surface area (Å²) in [4.78, 5) is 24.2. The Morgan fingerprint density at radius 3 is 2.61 bits per heavy atom. The van der Waals surface area contributed by atoms with Gasteiger partial charge in [0.25, 0.3) is 0 Å². The van der Waals surface area contributed by atoms with Crippen LogP contribution in [0, 0.1) is 0 Å². The predicted octanol–water partition coefficient (Wildman–Crippen LogP) is 3.67. The van der Waals surface area contributed by atoms with Gasteiger partial charge < -0.3 is 24.5 Å². The van der Waals surface area contributed by atoms with E-state index in [0.717, 1.165) is 20.9 Å². The van der Waals surface area contributed by atoms with E-state index in [9.17, 15) is 14.7 Å². The van der Waals surface area contributed by atoms with Gasteiger partial charge >= 0.3 is 5.97 Å². The maximum atomic E-state index is 12.6. The lowest BCUT2D eigenvalue weighted by Crippen LogP contribution is -2.12. The molecular weight excluding hydrogens is 428 g/mol. The number of halogens is 1. The van der Waals surface area contributed by atoms with Gasteiger partial charge in [0, 0.05) is 27.0 Å². The van der Waals surface area contributed by atoms with E-state index in [0.29, 0.717) is 28.4 Å². The topological polar surface area (TPSA) is 89.8 Å². The predicted molar refractivity (Wildman–Crippen MR) is 108 cm³/mol. The molecule has 0 fully saturated rings. The van der Waals surface area contributed by atoms with Crippen molar-refractivity contribution in [2.75, 3.05) is 19.5 Å². The Bertz CT molecular complexity index is 1140. The van der Waals surface area contributed by atoms with Crippen molar-refractivity contribution in [3.63, 3.8) is 0 Å². The molecule has 0 saturated heterocycles. The molecule has 1 aliphatic heterocycles. The minimum absolute atomic E-state index is 0.133. The van der Waals surface area contributed by atoms with Crippen LogP contribution >= 0.6 is 15.9 Å². The minimum atomic E-state index is -0.965. The van der Waals surface area contributed by atoms with E-state index in [1.54, 1.807) is 16.7 Å². The second-order valence-corrected chi connectivity index (χ2v) is 7.36. The normalized spacial score (nSPS) is 12.8. The molecule has 8 heteroatoms. The third kappa shape index (κ3) is 2.90. The van der Waals surface area contributed by atoms with Crippen LogP contribution in [0.15, 0.2) is 34.8 Å². The molecule has 1 aliphatic rings. The van der Waals surface area contributed by atoms with Crippen LogP contribution in [0.2, 0.25) is 0 Å². The molecule has 2 heterocycles. The molecule has 0 aliphatic carbocycles. The Balaban J connectivity index is 2.13. The Kier molecular flexibility index (Phi) is 4.50. The number of fused-ring (bicyclic) bond motifs is 5. The summed E-state index contributed by atoms with van der Waals surface area (Å²) < 4.78 is 13.4. The third-order valence-corrected chi connectivity index (χ3v) is 5.31. The van der Waals surface area contributed by atoms with Crippen LogP contribution in [-0.4, -0.2) is 35.8 Å². The van der Waals surface area contributed by atoms with Gasteiger partial charge in [0.15, 0.2) is 11.5 Å². The fraction of sp³-hybridized carbons (Fsp3) is 0.200. The maximum Gasteiger partial charge on any atom is 0.323 e. The van der Waals surface area contributed by atoms with Gasteiger partial charge in [0.2, 0.25) is 5.91 Å². The molecule has 0 atom stereocenters. The van der Waals surface area contributed by atoms with Crippen LogP contribution in [0.3, 0.4) is 0 Å². The molecule has 4 rings (SSSR count). The first kappa shape index (κ1) is 18.4. The summed E-state index contributed by atoms with van der Waals surface area (Å²) in [5.41, 5.74) is 3.46. The van der Waals surface area contributed by atoms with Crippen molar-refractivity contribution < 1.29 is 24.2 Å². The number of carboxylic acids is 1. The molecular formula is C20H17BrN2O5. The summed E-state index contributed by atoms with van der Waals surface area (Å²) in [6.45, 7) is -0.227. The molecule has 0 saturated carbocycles. The van der Waals surface area contributed by atoms with Crippen molar-refractivity contribution >= 4 is 44.4 Å². The number of hydrogen-bond donors (Lipinski definition) is 2. The molecule has 0 unspecified atom stereocenters. The Labute approximate surface area is 169 Å². The molecule has 1 amide bonds. The Morgan fingerprint density at radius 2 is 1.93 bits per heavy atom. The summed E-state index contributed by atoms with van der Waals surface area (Å²) in [6.07, 6.45) is 0.133. The van der Waals surface area contributed by atoms with Crippen molar-refractivity contribution in [2.45, 2.75) is 13.0 Å². The highest BCUT2D eigenvalue weighted by atomic mass is 79.9.